The molecule has 5 atom stereocenters. The summed E-state index contributed by atoms with van der Waals surface area (Å²) < 4.78 is 0. The van der Waals surface area contributed by atoms with Crippen molar-refractivity contribution in [1.82, 2.24) is 25.9 Å². The highest BCUT2D eigenvalue weighted by Gasteiger charge is 2.30. The van der Waals surface area contributed by atoms with Gasteiger partial charge >= 0.3 is 5.97 Å². The highest BCUT2D eigenvalue weighted by atomic mass is 16.4. The third-order valence-corrected chi connectivity index (χ3v) is 5.18. The lowest BCUT2D eigenvalue weighted by atomic mass is 10.0. The number of nitrogens with one attached hydrogen (secondary N) is 4. The molecule has 0 aliphatic heterocycles. The minimum absolute atomic E-state index is 0.0163. The van der Waals surface area contributed by atoms with Crippen LogP contribution in [0, 0.1) is 0 Å². The molecule has 2 rings (SSSR count). The van der Waals surface area contributed by atoms with Crippen molar-refractivity contribution in [2.24, 2.45) is 5.73 Å². The first-order valence-corrected chi connectivity index (χ1v) is 10.8. The Labute approximate surface area is 201 Å². The number of hydrogen-bond acceptors (Lipinski definition) is 8. The van der Waals surface area contributed by atoms with Crippen LogP contribution in [0.2, 0.25) is 0 Å². The number of carbonyl (C=O) groups excluding carboxylic acids is 3. The zero-order valence-electron chi connectivity index (χ0n) is 19.3. The Balaban J connectivity index is 2.12. The standard InChI is InChI=1S/C22H30N6O7/c1-11(26-21(33)18(23)12(2)29)19(31)27-16(8-14-9-24-10-25-14)20(32)28-17(22(34)35)7-13-3-5-15(30)6-4-13/h3-6,9-12,16-18,29-30H,7-8,23H2,1-2H3,(H,24,25)(H,26,33)(H,27,31)(H,28,32)(H,34,35). The third kappa shape index (κ3) is 8.39. The van der Waals surface area contributed by atoms with Crippen molar-refractivity contribution in [3.63, 3.8) is 0 Å². The summed E-state index contributed by atoms with van der Waals surface area (Å²) in [6, 6.07) is 1.01. The van der Waals surface area contributed by atoms with E-state index >= 15 is 0 Å². The normalized spacial score (nSPS) is 15.2. The first kappa shape index (κ1) is 27.3. The number of carboxylic acids is 1. The largest absolute Gasteiger partial charge is 0.508 e. The number of aromatic amines is 1. The van der Waals surface area contributed by atoms with Gasteiger partial charge in [-0.25, -0.2) is 9.78 Å². The number of rotatable bonds is 12. The fraction of sp³-hybridized carbons (Fsp3) is 0.409. The molecule has 190 valence electrons. The summed E-state index contributed by atoms with van der Waals surface area (Å²) >= 11 is 0. The van der Waals surface area contributed by atoms with Crippen molar-refractivity contribution in [3.8, 4) is 5.75 Å². The van der Waals surface area contributed by atoms with Crippen molar-refractivity contribution in [3.05, 3.63) is 48.0 Å². The summed E-state index contributed by atoms with van der Waals surface area (Å²) in [6.07, 6.45) is 1.61. The lowest BCUT2D eigenvalue weighted by Gasteiger charge is -2.24. The minimum atomic E-state index is -1.31. The molecule has 9 N–H and O–H groups in total. The average Bonchev–Trinajstić information content (AvgIpc) is 3.31. The molecule has 0 fully saturated rings. The molecular formula is C22H30N6O7. The molecule has 1 aromatic heterocycles. The number of imidazole rings is 1. The number of nitrogens with two attached hydrogens (primary N) is 1. The maximum Gasteiger partial charge on any atom is 0.326 e. The quantitative estimate of drug-likeness (QED) is 0.167. The molecule has 0 aliphatic carbocycles. The molecular weight excluding hydrogens is 460 g/mol. The van der Waals surface area contributed by atoms with Crippen LogP contribution in [0.3, 0.4) is 0 Å². The number of phenols is 1. The number of benzene rings is 1. The summed E-state index contributed by atoms with van der Waals surface area (Å²) in [5.74, 6) is -3.51. The van der Waals surface area contributed by atoms with Gasteiger partial charge in [0.2, 0.25) is 17.7 Å². The van der Waals surface area contributed by atoms with Crippen LogP contribution >= 0.6 is 0 Å². The number of hydrogen-bond donors (Lipinski definition) is 8. The number of nitrogens with zero attached hydrogens (tertiary/aromatic N) is 1. The van der Waals surface area contributed by atoms with Crippen LogP contribution in [0.5, 0.6) is 5.75 Å². The molecule has 0 aliphatic rings. The predicted molar refractivity (Wildman–Crippen MR) is 123 cm³/mol. The number of aliphatic carboxylic acids is 1. The van der Waals surface area contributed by atoms with Crippen LogP contribution in [-0.2, 0) is 32.0 Å². The van der Waals surface area contributed by atoms with E-state index in [0.29, 0.717) is 11.3 Å². The van der Waals surface area contributed by atoms with Gasteiger partial charge in [0.15, 0.2) is 0 Å². The van der Waals surface area contributed by atoms with E-state index in [4.69, 9.17) is 5.73 Å². The Morgan fingerprint density at radius 3 is 2.14 bits per heavy atom. The maximum absolute atomic E-state index is 13.0. The molecule has 0 radical (unpaired) electrons. The van der Waals surface area contributed by atoms with Crippen molar-refractivity contribution in [2.75, 3.05) is 0 Å². The lowest BCUT2D eigenvalue weighted by molar-refractivity contribution is -0.142. The Morgan fingerprint density at radius 1 is 0.971 bits per heavy atom. The van der Waals surface area contributed by atoms with Crippen LogP contribution in [0.1, 0.15) is 25.1 Å². The zero-order chi connectivity index (χ0) is 26.1. The van der Waals surface area contributed by atoms with Gasteiger partial charge in [-0.05, 0) is 31.5 Å². The Morgan fingerprint density at radius 2 is 1.60 bits per heavy atom. The second-order valence-corrected chi connectivity index (χ2v) is 8.11. The average molecular weight is 491 g/mol. The second-order valence-electron chi connectivity index (χ2n) is 8.11. The molecule has 0 spiro atoms. The molecule has 3 amide bonds. The van der Waals surface area contributed by atoms with E-state index in [-0.39, 0.29) is 18.6 Å². The van der Waals surface area contributed by atoms with Crippen LogP contribution in [0.4, 0.5) is 0 Å². The Hall–Kier alpha value is -3.97. The number of aliphatic hydroxyl groups excluding tert-OH is 1. The monoisotopic (exact) mass is 490 g/mol. The molecule has 2 aromatic rings. The number of carboxylic acid groups (broad SMARTS) is 1. The van der Waals surface area contributed by atoms with E-state index in [1.807, 2.05) is 0 Å². The van der Waals surface area contributed by atoms with Crippen molar-refractivity contribution >= 4 is 23.7 Å². The predicted octanol–water partition coefficient (Wildman–Crippen LogP) is -1.83. The molecule has 1 aromatic carbocycles. The fourth-order valence-electron chi connectivity index (χ4n) is 3.06. The highest BCUT2D eigenvalue weighted by molar-refractivity contribution is 5.94. The molecule has 0 saturated heterocycles. The SMILES string of the molecule is CC(NC(=O)C(N)C(C)O)C(=O)NC(Cc1cnc[nH]1)C(=O)NC(Cc1ccc(O)cc1)C(=O)O. The van der Waals surface area contributed by atoms with E-state index in [0.717, 1.165) is 0 Å². The second kappa shape index (κ2) is 12.5. The molecule has 13 nitrogen and oxygen atoms in total. The van der Waals surface area contributed by atoms with Gasteiger partial charge in [-0.15, -0.1) is 0 Å². The van der Waals surface area contributed by atoms with E-state index in [2.05, 4.69) is 25.9 Å². The number of amides is 3. The summed E-state index contributed by atoms with van der Waals surface area (Å²) in [7, 11) is 0. The lowest BCUT2D eigenvalue weighted by Crippen LogP contribution is -2.58. The molecule has 5 unspecified atom stereocenters. The smallest absolute Gasteiger partial charge is 0.326 e. The van der Waals surface area contributed by atoms with Crippen molar-refractivity contribution in [1.29, 1.82) is 0 Å². The summed E-state index contributed by atoms with van der Waals surface area (Å²) in [4.78, 5) is 56.2. The molecule has 1 heterocycles. The van der Waals surface area contributed by atoms with E-state index in [1.165, 1.54) is 50.6 Å². The van der Waals surface area contributed by atoms with E-state index in [1.54, 1.807) is 0 Å². The molecule has 0 bridgehead atoms. The van der Waals surface area contributed by atoms with Gasteiger partial charge in [0, 0.05) is 24.7 Å². The van der Waals surface area contributed by atoms with Gasteiger partial charge in [0.25, 0.3) is 0 Å². The Bertz CT molecular complexity index is 1010. The van der Waals surface area contributed by atoms with E-state index < -0.39 is 54.0 Å². The summed E-state index contributed by atoms with van der Waals surface area (Å²) in [5.41, 5.74) is 6.63. The van der Waals surface area contributed by atoms with Crippen LogP contribution in [0.15, 0.2) is 36.8 Å². The Kier molecular flexibility index (Phi) is 9.73. The van der Waals surface area contributed by atoms with Gasteiger partial charge in [-0.1, -0.05) is 12.1 Å². The van der Waals surface area contributed by atoms with Gasteiger partial charge < -0.3 is 42.0 Å². The fourth-order valence-corrected chi connectivity index (χ4v) is 3.06. The maximum atomic E-state index is 13.0. The van der Waals surface area contributed by atoms with Gasteiger partial charge in [-0.3, -0.25) is 14.4 Å². The highest BCUT2D eigenvalue weighted by Crippen LogP contribution is 2.12. The van der Waals surface area contributed by atoms with Crippen LogP contribution in [0.25, 0.3) is 0 Å². The zero-order valence-corrected chi connectivity index (χ0v) is 19.3. The number of aliphatic hydroxyl groups is 1. The summed E-state index contributed by atoms with van der Waals surface area (Å²) in [5, 5.41) is 35.7. The van der Waals surface area contributed by atoms with Crippen LogP contribution in [-0.4, -0.2) is 79.2 Å². The minimum Gasteiger partial charge on any atom is -0.508 e. The van der Waals surface area contributed by atoms with Crippen molar-refractivity contribution in [2.45, 2.75) is 57.0 Å². The number of aromatic hydroxyl groups is 1. The first-order valence-electron chi connectivity index (χ1n) is 10.8. The van der Waals surface area contributed by atoms with Crippen molar-refractivity contribution < 1.29 is 34.5 Å². The van der Waals surface area contributed by atoms with Gasteiger partial charge in [0.05, 0.1) is 12.4 Å². The third-order valence-electron chi connectivity index (χ3n) is 5.18. The number of phenolic OH excluding ortho intramolecular Hbond substituents is 1. The molecule has 13 heteroatoms. The number of aromatic nitrogens is 2. The number of carbonyl (C=O) groups is 4. The topological polar surface area (TPSA) is 220 Å². The first-order chi connectivity index (χ1) is 16.5. The molecule has 0 saturated carbocycles. The van der Waals surface area contributed by atoms with Crippen LogP contribution < -0.4 is 21.7 Å². The van der Waals surface area contributed by atoms with Gasteiger partial charge in [0.1, 0.15) is 29.9 Å². The van der Waals surface area contributed by atoms with E-state index in [9.17, 15) is 34.5 Å². The molecule has 35 heavy (non-hydrogen) atoms. The number of H-pyrrole nitrogens is 1. The summed E-state index contributed by atoms with van der Waals surface area (Å²) in [6.45, 7) is 2.70. The van der Waals surface area contributed by atoms with Gasteiger partial charge in [-0.2, -0.15) is 0 Å².